The van der Waals surface area contributed by atoms with Crippen LogP contribution in [0.2, 0.25) is 0 Å². The lowest BCUT2D eigenvalue weighted by molar-refractivity contribution is -0.113. The second-order valence-electron chi connectivity index (χ2n) is 5.82. The topological polar surface area (TPSA) is 78.8 Å². The first-order valence-corrected chi connectivity index (χ1v) is 11.5. The van der Waals surface area contributed by atoms with Gasteiger partial charge in [-0.15, -0.1) is 4.40 Å². The number of carbonyl (C=O) groups is 1. The number of anilines is 2. The molecule has 0 radical (unpaired) electrons. The molecule has 0 unspecified atom stereocenters. The van der Waals surface area contributed by atoms with Crippen molar-refractivity contribution in [2.75, 3.05) is 22.5 Å². The predicted molar refractivity (Wildman–Crippen MR) is 114 cm³/mol. The van der Waals surface area contributed by atoms with Crippen LogP contribution >= 0.6 is 27.7 Å². The van der Waals surface area contributed by atoms with Crippen molar-refractivity contribution >= 4 is 60.2 Å². The van der Waals surface area contributed by atoms with E-state index in [2.05, 4.69) is 25.6 Å². The molecule has 3 rings (SSSR count). The van der Waals surface area contributed by atoms with E-state index >= 15 is 0 Å². The standard InChI is InChI=1S/C18H18BrN3O3S2/c1-2-10-22-15-8-3-4-9-16(15)27(24,25)21-18(22)26-12-17(23)20-14-7-5-6-13(19)11-14/h3-9,11H,2,10,12H2,1H3,(H,20,23). The number of hydrogen-bond acceptors (Lipinski definition) is 5. The maximum atomic E-state index is 12.5. The number of fused-ring (bicyclic) bond motifs is 1. The van der Waals surface area contributed by atoms with E-state index in [1.807, 2.05) is 24.0 Å². The van der Waals surface area contributed by atoms with Crippen molar-refractivity contribution in [1.82, 2.24) is 0 Å². The molecule has 9 heteroatoms. The maximum absolute atomic E-state index is 12.5. The fourth-order valence-corrected chi connectivity index (χ4v) is 5.32. The summed E-state index contributed by atoms with van der Waals surface area (Å²) in [6.07, 6.45) is 0.818. The lowest BCUT2D eigenvalue weighted by Crippen LogP contribution is -2.35. The molecule has 0 aromatic heterocycles. The fourth-order valence-electron chi connectivity index (χ4n) is 2.64. The summed E-state index contributed by atoms with van der Waals surface area (Å²) in [6.45, 7) is 2.62. The number of sulfonamides is 1. The van der Waals surface area contributed by atoms with Gasteiger partial charge in [-0.25, -0.2) is 0 Å². The van der Waals surface area contributed by atoms with Gasteiger partial charge in [-0.1, -0.05) is 52.8 Å². The summed E-state index contributed by atoms with van der Waals surface area (Å²) in [5.41, 5.74) is 1.27. The van der Waals surface area contributed by atoms with Gasteiger partial charge in [0, 0.05) is 16.7 Å². The molecule has 6 nitrogen and oxygen atoms in total. The first-order chi connectivity index (χ1) is 12.9. The molecule has 0 saturated carbocycles. The average Bonchev–Trinajstić information content (AvgIpc) is 2.63. The molecular formula is C18H18BrN3O3S2. The van der Waals surface area contributed by atoms with Crippen molar-refractivity contribution in [1.29, 1.82) is 0 Å². The van der Waals surface area contributed by atoms with E-state index in [0.717, 1.165) is 22.7 Å². The third-order valence-electron chi connectivity index (χ3n) is 3.75. The summed E-state index contributed by atoms with van der Waals surface area (Å²) in [4.78, 5) is 14.3. The van der Waals surface area contributed by atoms with Gasteiger partial charge >= 0.3 is 0 Å². The highest BCUT2D eigenvalue weighted by Gasteiger charge is 2.30. The minimum absolute atomic E-state index is 0.0588. The van der Waals surface area contributed by atoms with Crippen molar-refractivity contribution in [2.24, 2.45) is 4.40 Å². The molecule has 1 amide bonds. The van der Waals surface area contributed by atoms with E-state index in [1.54, 1.807) is 36.4 Å². The number of nitrogens with one attached hydrogen (secondary N) is 1. The van der Waals surface area contributed by atoms with Crippen LogP contribution in [-0.2, 0) is 14.8 Å². The molecule has 142 valence electrons. The van der Waals surface area contributed by atoms with Gasteiger partial charge in [-0.05, 0) is 36.8 Å². The number of nitrogens with zero attached hydrogens (tertiary/aromatic N) is 2. The first kappa shape index (κ1) is 19.9. The van der Waals surface area contributed by atoms with E-state index in [1.165, 1.54) is 0 Å². The Bertz CT molecular complexity index is 993. The zero-order chi connectivity index (χ0) is 19.4. The molecule has 0 bridgehead atoms. The van der Waals surface area contributed by atoms with Crippen molar-refractivity contribution in [3.63, 3.8) is 0 Å². The van der Waals surface area contributed by atoms with E-state index in [-0.39, 0.29) is 16.6 Å². The van der Waals surface area contributed by atoms with Crippen LogP contribution in [0.5, 0.6) is 0 Å². The molecule has 0 atom stereocenters. The Kier molecular flexibility index (Phi) is 6.23. The van der Waals surface area contributed by atoms with Crippen LogP contribution in [0.3, 0.4) is 0 Å². The van der Waals surface area contributed by atoms with Gasteiger partial charge in [0.05, 0.1) is 11.4 Å². The average molecular weight is 468 g/mol. The Morgan fingerprint density at radius 1 is 1.22 bits per heavy atom. The van der Waals surface area contributed by atoms with Crippen molar-refractivity contribution < 1.29 is 13.2 Å². The first-order valence-electron chi connectivity index (χ1n) is 8.30. The normalized spacial score (nSPS) is 15.0. The van der Waals surface area contributed by atoms with Gasteiger partial charge in [0.2, 0.25) is 5.91 Å². The molecule has 0 spiro atoms. The SMILES string of the molecule is CCCN1C(SCC(=O)Nc2cccc(Br)c2)=NS(=O)(=O)c2ccccc21. The Morgan fingerprint density at radius 3 is 2.74 bits per heavy atom. The highest BCUT2D eigenvalue weighted by molar-refractivity contribution is 9.10. The largest absolute Gasteiger partial charge is 0.325 e. The molecule has 1 N–H and O–H groups in total. The minimum atomic E-state index is -3.77. The molecule has 0 aliphatic carbocycles. The highest BCUT2D eigenvalue weighted by atomic mass is 79.9. The molecule has 0 saturated heterocycles. The molecule has 0 fully saturated rings. The van der Waals surface area contributed by atoms with Crippen molar-refractivity contribution in [3.8, 4) is 0 Å². The predicted octanol–water partition coefficient (Wildman–Crippen LogP) is 4.10. The van der Waals surface area contributed by atoms with E-state index in [0.29, 0.717) is 23.1 Å². The second-order valence-corrected chi connectivity index (χ2v) is 9.25. The number of carbonyl (C=O) groups excluding carboxylic acids is 1. The van der Waals surface area contributed by atoms with Crippen LogP contribution in [0.4, 0.5) is 11.4 Å². The molecule has 1 aliphatic heterocycles. The molecule has 2 aromatic carbocycles. The molecule has 1 aliphatic rings. The number of thioether (sulfide) groups is 1. The summed E-state index contributed by atoms with van der Waals surface area (Å²) >= 11 is 4.47. The third-order valence-corrected chi connectivity index (χ3v) is 6.65. The second kappa shape index (κ2) is 8.45. The smallest absolute Gasteiger partial charge is 0.286 e. The van der Waals surface area contributed by atoms with Crippen LogP contribution in [0.15, 0.2) is 62.3 Å². The number of amides is 1. The van der Waals surface area contributed by atoms with Gasteiger partial charge in [0.1, 0.15) is 4.90 Å². The number of rotatable bonds is 5. The number of benzene rings is 2. The summed E-state index contributed by atoms with van der Waals surface area (Å²) < 4.78 is 29.7. The molecule has 2 aromatic rings. The lowest BCUT2D eigenvalue weighted by atomic mass is 10.3. The van der Waals surface area contributed by atoms with Gasteiger partial charge < -0.3 is 10.2 Å². The van der Waals surface area contributed by atoms with Gasteiger partial charge in [0.25, 0.3) is 10.0 Å². The van der Waals surface area contributed by atoms with E-state index in [4.69, 9.17) is 0 Å². The maximum Gasteiger partial charge on any atom is 0.286 e. The summed E-state index contributed by atoms with van der Waals surface area (Å²) in [7, 11) is -3.77. The molecular weight excluding hydrogens is 450 g/mol. The Labute approximate surface area is 171 Å². The van der Waals surface area contributed by atoms with Crippen molar-refractivity contribution in [2.45, 2.75) is 18.2 Å². The highest BCUT2D eigenvalue weighted by Crippen LogP contribution is 2.34. The summed E-state index contributed by atoms with van der Waals surface area (Å²) in [5.74, 6) is -0.169. The van der Waals surface area contributed by atoms with Crippen LogP contribution in [-0.4, -0.2) is 31.8 Å². The van der Waals surface area contributed by atoms with Crippen LogP contribution in [0, 0.1) is 0 Å². The summed E-state index contributed by atoms with van der Waals surface area (Å²) in [5, 5.41) is 3.12. The van der Waals surface area contributed by atoms with Gasteiger partial charge in [-0.2, -0.15) is 8.42 Å². The monoisotopic (exact) mass is 467 g/mol. The number of hydrogen-bond donors (Lipinski definition) is 1. The third kappa shape index (κ3) is 4.72. The van der Waals surface area contributed by atoms with Gasteiger partial charge in [0.15, 0.2) is 5.17 Å². The van der Waals surface area contributed by atoms with Crippen LogP contribution in [0.1, 0.15) is 13.3 Å². The Hall–Kier alpha value is -1.84. The Morgan fingerprint density at radius 2 is 2.00 bits per heavy atom. The Balaban J connectivity index is 1.77. The summed E-state index contributed by atoms with van der Waals surface area (Å²) in [6, 6.07) is 14.1. The van der Waals surface area contributed by atoms with Crippen LogP contribution in [0.25, 0.3) is 0 Å². The quantitative estimate of drug-likeness (QED) is 0.715. The number of para-hydroxylation sites is 1. The zero-order valence-corrected chi connectivity index (χ0v) is 17.8. The van der Waals surface area contributed by atoms with Gasteiger partial charge in [-0.3, -0.25) is 4.79 Å². The van der Waals surface area contributed by atoms with E-state index in [9.17, 15) is 13.2 Å². The lowest BCUT2D eigenvalue weighted by Gasteiger charge is -2.29. The van der Waals surface area contributed by atoms with Crippen LogP contribution < -0.4 is 10.2 Å². The molecule has 1 heterocycles. The zero-order valence-electron chi connectivity index (χ0n) is 14.6. The van der Waals surface area contributed by atoms with E-state index < -0.39 is 10.0 Å². The molecule has 27 heavy (non-hydrogen) atoms. The number of halogens is 1. The fraction of sp³-hybridized carbons (Fsp3) is 0.222. The minimum Gasteiger partial charge on any atom is -0.325 e. The number of amidine groups is 1. The van der Waals surface area contributed by atoms with Crippen molar-refractivity contribution in [3.05, 3.63) is 53.0 Å².